The van der Waals surface area contributed by atoms with Gasteiger partial charge in [0.25, 0.3) is 5.91 Å². The molecule has 1 saturated heterocycles. The number of aromatic nitrogens is 1. The van der Waals surface area contributed by atoms with Gasteiger partial charge in [-0.2, -0.15) is 0 Å². The van der Waals surface area contributed by atoms with E-state index in [9.17, 15) is 4.79 Å². The second kappa shape index (κ2) is 6.37. The third kappa shape index (κ3) is 3.11. The fraction of sp³-hybridized carbons (Fsp3) is 0.294. The van der Waals surface area contributed by atoms with Crippen molar-refractivity contribution in [3.63, 3.8) is 0 Å². The number of hydrogen-bond acceptors (Lipinski definition) is 6. The fourth-order valence-corrected chi connectivity index (χ4v) is 2.54. The molecule has 124 valence electrons. The average molecular weight is 328 g/mol. The van der Waals surface area contributed by atoms with Crippen LogP contribution in [0.5, 0.6) is 17.4 Å². The molecular formula is C17H16N2O5. The molecule has 4 rings (SSSR count). The SMILES string of the molecule is O=C(Nc1ccc2c(c1)OCO2)c1ccc(OC2CCOC2)nc1. The quantitative estimate of drug-likeness (QED) is 0.927. The van der Waals surface area contributed by atoms with E-state index in [2.05, 4.69) is 10.3 Å². The lowest BCUT2D eigenvalue weighted by molar-refractivity contribution is 0.102. The molecule has 0 bridgehead atoms. The third-order valence-electron chi connectivity index (χ3n) is 3.80. The van der Waals surface area contributed by atoms with E-state index in [0.717, 1.165) is 6.42 Å². The highest BCUT2D eigenvalue weighted by atomic mass is 16.7. The Balaban J connectivity index is 1.40. The van der Waals surface area contributed by atoms with Gasteiger partial charge in [0.15, 0.2) is 11.5 Å². The summed E-state index contributed by atoms with van der Waals surface area (Å²) >= 11 is 0. The minimum atomic E-state index is -0.253. The van der Waals surface area contributed by atoms with E-state index in [1.807, 2.05) is 0 Å². The molecule has 7 nitrogen and oxygen atoms in total. The number of ether oxygens (including phenoxy) is 4. The van der Waals surface area contributed by atoms with Gasteiger partial charge in [0.05, 0.1) is 18.8 Å². The number of rotatable bonds is 4. The molecule has 1 aromatic carbocycles. The van der Waals surface area contributed by atoms with Gasteiger partial charge in [0.1, 0.15) is 6.10 Å². The Morgan fingerprint density at radius 3 is 2.92 bits per heavy atom. The smallest absolute Gasteiger partial charge is 0.257 e. The van der Waals surface area contributed by atoms with Crippen LogP contribution in [-0.4, -0.2) is 37.0 Å². The average Bonchev–Trinajstić information content (AvgIpc) is 3.26. The van der Waals surface area contributed by atoms with Gasteiger partial charge in [0.2, 0.25) is 12.7 Å². The van der Waals surface area contributed by atoms with Crippen molar-refractivity contribution in [3.05, 3.63) is 42.1 Å². The zero-order valence-corrected chi connectivity index (χ0v) is 12.9. The number of anilines is 1. The van der Waals surface area contributed by atoms with Crippen LogP contribution in [0.4, 0.5) is 5.69 Å². The lowest BCUT2D eigenvalue weighted by Crippen LogP contribution is -2.17. The van der Waals surface area contributed by atoms with Crippen LogP contribution in [0.25, 0.3) is 0 Å². The van der Waals surface area contributed by atoms with E-state index in [1.54, 1.807) is 30.3 Å². The number of amides is 1. The van der Waals surface area contributed by atoms with Crippen LogP contribution in [0.15, 0.2) is 36.5 Å². The van der Waals surface area contributed by atoms with E-state index >= 15 is 0 Å². The van der Waals surface area contributed by atoms with Crippen molar-refractivity contribution in [1.29, 1.82) is 0 Å². The molecule has 1 aromatic heterocycles. The number of hydrogen-bond donors (Lipinski definition) is 1. The minimum Gasteiger partial charge on any atom is -0.472 e. The monoisotopic (exact) mass is 328 g/mol. The van der Waals surface area contributed by atoms with Gasteiger partial charge < -0.3 is 24.3 Å². The Hall–Kier alpha value is -2.80. The predicted octanol–water partition coefficient (Wildman–Crippen LogP) is 2.23. The molecule has 1 unspecified atom stereocenters. The summed E-state index contributed by atoms with van der Waals surface area (Å²) in [6.45, 7) is 1.48. The van der Waals surface area contributed by atoms with Gasteiger partial charge in [-0.25, -0.2) is 4.98 Å². The Morgan fingerprint density at radius 2 is 2.12 bits per heavy atom. The van der Waals surface area contributed by atoms with Crippen molar-refractivity contribution in [2.24, 2.45) is 0 Å². The van der Waals surface area contributed by atoms with E-state index in [1.165, 1.54) is 6.20 Å². The molecular weight excluding hydrogens is 312 g/mol. The van der Waals surface area contributed by atoms with Gasteiger partial charge in [-0.15, -0.1) is 0 Å². The zero-order valence-electron chi connectivity index (χ0n) is 12.9. The molecule has 24 heavy (non-hydrogen) atoms. The van der Waals surface area contributed by atoms with E-state index in [-0.39, 0.29) is 18.8 Å². The highest BCUT2D eigenvalue weighted by Crippen LogP contribution is 2.34. The zero-order chi connectivity index (χ0) is 16.4. The maximum Gasteiger partial charge on any atom is 0.257 e. The predicted molar refractivity (Wildman–Crippen MR) is 84.6 cm³/mol. The van der Waals surface area contributed by atoms with Crippen molar-refractivity contribution in [2.75, 3.05) is 25.3 Å². The van der Waals surface area contributed by atoms with Crippen molar-refractivity contribution in [3.8, 4) is 17.4 Å². The summed E-state index contributed by atoms with van der Waals surface area (Å²) in [5.41, 5.74) is 1.08. The number of carbonyl (C=O) groups is 1. The molecule has 1 amide bonds. The number of pyridine rings is 1. The lowest BCUT2D eigenvalue weighted by Gasteiger charge is -2.11. The van der Waals surface area contributed by atoms with Crippen LogP contribution < -0.4 is 19.5 Å². The van der Waals surface area contributed by atoms with Crippen LogP contribution in [0.1, 0.15) is 16.8 Å². The summed E-state index contributed by atoms with van der Waals surface area (Å²) < 4.78 is 21.5. The van der Waals surface area contributed by atoms with E-state index in [4.69, 9.17) is 18.9 Å². The second-order valence-electron chi connectivity index (χ2n) is 5.51. The van der Waals surface area contributed by atoms with E-state index < -0.39 is 0 Å². The molecule has 3 heterocycles. The maximum atomic E-state index is 12.3. The van der Waals surface area contributed by atoms with Gasteiger partial charge in [-0.05, 0) is 18.2 Å². The van der Waals surface area contributed by atoms with Gasteiger partial charge in [-0.3, -0.25) is 4.79 Å². The maximum absolute atomic E-state index is 12.3. The molecule has 2 aliphatic heterocycles. The minimum absolute atomic E-state index is 0.0332. The lowest BCUT2D eigenvalue weighted by atomic mass is 10.2. The summed E-state index contributed by atoms with van der Waals surface area (Å²) in [5.74, 6) is 1.53. The largest absolute Gasteiger partial charge is 0.472 e. The van der Waals surface area contributed by atoms with Crippen molar-refractivity contribution >= 4 is 11.6 Å². The summed E-state index contributed by atoms with van der Waals surface area (Å²) in [6.07, 6.45) is 2.38. The first-order valence-corrected chi connectivity index (χ1v) is 7.69. The number of fused-ring (bicyclic) bond motifs is 1. The van der Waals surface area contributed by atoms with Crippen LogP contribution >= 0.6 is 0 Å². The van der Waals surface area contributed by atoms with Crippen molar-refractivity contribution in [1.82, 2.24) is 4.98 Å². The Bertz CT molecular complexity index is 741. The highest BCUT2D eigenvalue weighted by molar-refractivity contribution is 6.04. The molecule has 1 fully saturated rings. The summed E-state index contributed by atoms with van der Waals surface area (Å²) in [7, 11) is 0. The normalized spacial score (nSPS) is 18.4. The standard InChI is InChI=1S/C17H16N2O5/c20-17(19-12-2-3-14-15(7-12)23-10-22-14)11-1-4-16(18-8-11)24-13-5-6-21-9-13/h1-4,7-8,13H,5-6,9-10H2,(H,19,20). The summed E-state index contributed by atoms with van der Waals surface area (Å²) in [5, 5.41) is 2.81. The molecule has 0 radical (unpaired) electrons. The highest BCUT2D eigenvalue weighted by Gasteiger charge is 2.18. The first kappa shape index (κ1) is 14.8. The molecule has 2 aromatic rings. The third-order valence-corrected chi connectivity index (χ3v) is 3.80. The Labute approximate surface area is 138 Å². The first-order chi connectivity index (χ1) is 11.8. The molecule has 1 atom stereocenters. The van der Waals surface area contributed by atoms with E-state index in [0.29, 0.717) is 41.8 Å². The van der Waals surface area contributed by atoms with Crippen LogP contribution in [-0.2, 0) is 4.74 Å². The number of nitrogens with one attached hydrogen (secondary N) is 1. The van der Waals surface area contributed by atoms with Crippen LogP contribution in [0.3, 0.4) is 0 Å². The second-order valence-corrected chi connectivity index (χ2v) is 5.51. The summed E-state index contributed by atoms with van der Waals surface area (Å²) in [4.78, 5) is 16.5. The fourth-order valence-electron chi connectivity index (χ4n) is 2.54. The molecule has 1 N–H and O–H groups in total. The number of nitrogens with zero attached hydrogens (tertiary/aromatic N) is 1. The van der Waals surface area contributed by atoms with Crippen LogP contribution in [0, 0.1) is 0 Å². The summed E-state index contributed by atoms with van der Waals surface area (Å²) in [6, 6.07) is 8.62. The number of carbonyl (C=O) groups excluding carboxylic acids is 1. The van der Waals surface area contributed by atoms with Gasteiger partial charge in [0, 0.05) is 30.4 Å². The molecule has 0 aliphatic carbocycles. The molecule has 7 heteroatoms. The number of benzene rings is 1. The first-order valence-electron chi connectivity index (χ1n) is 7.69. The molecule has 0 saturated carbocycles. The van der Waals surface area contributed by atoms with Gasteiger partial charge in [-0.1, -0.05) is 0 Å². The Kier molecular flexibility index (Phi) is 3.92. The molecule has 0 spiro atoms. The Morgan fingerprint density at radius 1 is 1.21 bits per heavy atom. The van der Waals surface area contributed by atoms with Crippen molar-refractivity contribution < 1.29 is 23.7 Å². The van der Waals surface area contributed by atoms with Crippen LogP contribution in [0.2, 0.25) is 0 Å². The van der Waals surface area contributed by atoms with Gasteiger partial charge >= 0.3 is 0 Å². The topological polar surface area (TPSA) is 78.9 Å². The molecule has 2 aliphatic rings. The van der Waals surface area contributed by atoms with Crippen molar-refractivity contribution in [2.45, 2.75) is 12.5 Å².